The SMILES string of the molecule is Nc1cccc(NC(=O)Cn2ccc(=O)cc2)c1. The van der Waals surface area contributed by atoms with Crippen molar-refractivity contribution in [3.05, 3.63) is 59.0 Å². The molecule has 0 unspecified atom stereocenters. The molecule has 1 aromatic carbocycles. The Kier molecular flexibility index (Phi) is 3.43. The monoisotopic (exact) mass is 243 g/mol. The smallest absolute Gasteiger partial charge is 0.244 e. The summed E-state index contributed by atoms with van der Waals surface area (Å²) in [7, 11) is 0. The lowest BCUT2D eigenvalue weighted by Gasteiger charge is -2.07. The molecular weight excluding hydrogens is 230 g/mol. The van der Waals surface area contributed by atoms with E-state index < -0.39 is 0 Å². The molecule has 0 radical (unpaired) electrons. The molecule has 5 nitrogen and oxygen atoms in total. The minimum absolute atomic E-state index is 0.0810. The number of aromatic nitrogens is 1. The predicted octanol–water partition coefficient (Wildman–Crippen LogP) is 1.07. The molecule has 0 saturated carbocycles. The number of nitrogens with zero attached hydrogens (tertiary/aromatic N) is 1. The molecular formula is C13H13N3O2. The predicted molar refractivity (Wildman–Crippen MR) is 70.2 cm³/mol. The Balaban J connectivity index is 2.01. The zero-order chi connectivity index (χ0) is 13.0. The maximum absolute atomic E-state index is 11.7. The summed E-state index contributed by atoms with van der Waals surface area (Å²) in [5, 5.41) is 2.73. The summed E-state index contributed by atoms with van der Waals surface area (Å²) in [6, 6.07) is 9.78. The lowest BCUT2D eigenvalue weighted by molar-refractivity contribution is -0.116. The van der Waals surface area contributed by atoms with Crippen LogP contribution in [0.5, 0.6) is 0 Å². The van der Waals surface area contributed by atoms with E-state index >= 15 is 0 Å². The number of hydrogen-bond donors (Lipinski definition) is 2. The third kappa shape index (κ3) is 3.21. The number of benzene rings is 1. The van der Waals surface area contributed by atoms with Gasteiger partial charge in [0.05, 0.1) is 0 Å². The van der Waals surface area contributed by atoms with Crippen molar-refractivity contribution >= 4 is 17.3 Å². The summed E-state index contributed by atoms with van der Waals surface area (Å²) in [5.41, 5.74) is 6.78. The van der Waals surface area contributed by atoms with Crippen LogP contribution in [-0.2, 0) is 11.3 Å². The van der Waals surface area contributed by atoms with Crippen molar-refractivity contribution in [1.82, 2.24) is 4.57 Å². The maximum atomic E-state index is 11.7. The Morgan fingerprint density at radius 3 is 2.61 bits per heavy atom. The molecule has 0 fully saturated rings. The van der Waals surface area contributed by atoms with Crippen LogP contribution in [0.2, 0.25) is 0 Å². The van der Waals surface area contributed by atoms with Crippen LogP contribution in [0.1, 0.15) is 0 Å². The van der Waals surface area contributed by atoms with E-state index in [1.807, 2.05) is 0 Å². The number of nitrogens with one attached hydrogen (secondary N) is 1. The lowest BCUT2D eigenvalue weighted by atomic mass is 10.3. The topological polar surface area (TPSA) is 77.1 Å². The van der Waals surface area contributed by atoms with E-state index in [0.29, 0.717) is 11.4 Å². The van der Waals surface area contributed by atoms with Gasteiger partial charge in [-0.25, -0.2) is 0 Å². The van der Waals surface area contributed by atoms with Gasteiger partial charge >= 0.3 is 0 Å². The van der Waals surface area contributed by atoms with Crippen LogP contribution in [0.25, 0.3) is 0 Å². The molecule has 1 aromatic heterocycles. The molecule has 2 rings (SSSR count). The Bertz CT molecular complexity index is 599. The zero-order valence-corrected chi connectivity index (χ0v) is 9.67. The number of rotatable bonds is 3. The maximum Gasteiger partial charge on any atom is 0.244 e. The first-order chi connectivity index (χ1) is 8.63. The third-order valence-electron chi connectivity index (χ3n) is 2.36. The van der Waals surface area contributed by atoms with Crippen molar-refractivity contribution in [3.8, 4) is 0 Å². The van der Waals surface area contributed by atoms with Crippen LogP contribution >= 0.6 is 0 Å². The highest BCUT2D eigenvalue weighted by Gasteiger charge is 2.02. The summed E-state index contributed by atoms with van der Waals surface area (Å²) in [6.45, 7) is 0.148. The Morgan fingerprint density at radius 2 is 1.94 bits per heavy atom. The van der Waals surface area contributed by atoms with Crippen LogP contribution in [0.4, 0.5) is 11.4 Å². The van der Waals surface area contributed by atoms with Gasteiger partial charge in [0.2, 0.25) is 5.91 Å². The highest BCUT2D eigenvalue weighted by molar-refractivity contribution is 5.90. The fourth-order valence-corrected chi connectivity index (χ4v) is 1.53. The standard InChI is InChI=1S/C13H13N3O2/c14-10-2-1-3-11(8-10)15-13(18)9-16-6-4-12(17)5-7-16/h1-8H,9,14H2,(H,15,18). The van der Waals surface area contributed by atoms with Gasteiger partial charge in [0, 0.05) is 35.9 Å². The second-order valence-corrected chi connectivity index (χ2v) is 3.88. The number of hydrogen-bond acceptors (Lipinski definition) is 3. The number of amides is 1. The number of anilines is 2. The van der Waals surface area contributed by atoms with Crippen LogP contribution in [-0.4, -0.2) is 10.5 Å². The highest BCUT2D eigenvalue weighted by Crippen LogP contribution is 2.11. The van der Waals surface area contributed by atoms with E-state index in [2.05, 4.69) is 5.32 Å². The minimum atomic E-state index is -0.177. The molecule has 0 aliphatic heterocycles. The first kappa shape index (κ1) is 11.9. The molecule has 2 aromatic rings. The number of nitrogen functional groups attached to an aromatic ring is 1. The van der Waals surface area contributed by atoms with E-state index in [9.17, 15) is 9.59 Å². The van der Waals surface area contributed by atoms with Crippen LogP contribution in [0.15, 0.2) is 53.6 Å². The normalized spacial score (nSPS) is 10.0. The fourth-order valence-electron chi connectivity index (χ4n) is 1.53. The second kappa shape index (κ2) is 5.18. The first-order valence-corrected chi connectivity index (χ1v) is 5.45. The van der Waals surface area contributed by atoms with Crippen molar-refractivity contribution in [2.45, 2.75) is 6.54 Å². The average molecular weight is 243 g/mol. The van der Waals surface area contributed by atoms with Gasteiger partial charge in [-0.2, -0.15) is 0 Å². The third-order valence-corrected chi connectivity index (χ3v) is 2.36. The number of pyridine rings is 1. The van der Waals surface area contributed by atoms with E-state index in [-0.39, 0.29) is 17.9 Å². The Morgan fingerprint density at radius 1 is 1.22 bits per heavy atom. The van der Waals surface area contributed by atoms with Crippen LogP contribution < -0.4 is 16.5 Å². The quantitative estimate of drug-likeness (QED) is 0.791. The fraction of sp³-hybridized carbons (Fsp3) is 0.0769. The van der Waals surface area contributed by atoms with Gasteiger partial charge in [-0.05, 0) is 18.2 Å². The van der Waals surface area contributed by atoms with Crippen molar-refractivity contribution in [3.63, 3.8) is 0 Å². The molecule has 0 aliphatic rings. The van der Waals surface area contributed by atoms with Gasteiger partial charge in [-0.3, -0.25) is 9.59 Å². The minimum Gasteiger partial charge on any atom is -0.399 e. The van der Waals surface area contributed by atoms with Crippen molar-refractivity contribution in [2.75, 3.05) is 11.1 Å². The summed E-state index contributed by atoms with van der Waals surface area (Å²) in [5.74, 6) is -0.177. The molecule has 0 aliphatic carbocycles. The van der Waals surface area contributed by atoms with E-state index in [1.165, 1.54) is 12.1 Å². The second-order valence-electron chi connectivity index (χ2n) is 3.88. The largest absolute Gasteiger partial charge is 0.399 e. The summed E-state index contributed by atoms with van der Waals surface area (Å²) >= 11 is 0. The van der Waals surface area contributed by atoms with Gasteiger partial charge in [-0.15, -0.1) is 0 Å². The summed E-state index contributed by atoms with van der Waals surface area (Å²) < 4.78 is 1.63. The lowest BCUT2D eigenvalue weighted by Crippen LogP contribution is -2.19. The van der Waals surface area contributed by atoms with Gasteiger partial charge < -0.3 is 15.6 Å². The average Bonchev–Trinajstić information content (AvgIpc) is 2.32. The van der Waals surface area contributed by atoms with E-state index in [0.717, 1.165) is 0 Å². The summed E-state index contributed by atoms with van der Waals surface area (Å²) in [4.78, 5) is 22.6. The molecule has 1 amide bonds. The van der Waals surface area contributed by atoms with Crippen molar-refractivity contribution < 1.29 is 4.79 Å². The molecule has 0 spiro atoms. The molecule has 3 N–H and O–H groups in total. The Labute approximate surface area is 104 Å². The van der Waals surface area contributed by atoms with E-state index in [4.69, 9.17) is 5.73 Å². The van der Waals surface area contributed by atoms with Gasteiger partial charge in [0.1, 0.15) is 6.54 Å². The number of nitrogens with two attached hydrogens (primary N) is 1. The molecule has 0 atom stereocenters. The zero-order valence-electron chi connectivity index (χ0n) is 9.67. The molecule has 5 heteroatoms. The molecule has 92 valence electrons. The van der Waals surface area contributed by atoms with Crippen molar-refractivity contribution in [1.29, 1.82) is 0 Å². The van der Waals surface area contributed by atoms with Gasteiger partial charge in [0.15, 0.2) is 5.43 Å². The van der Waals surface area contributed by atoms with Gasteiger partial charge in [-0.1, -0.05) is 6.07 Å². The molecule has 0 bridgehead atoms. The highest BCUT2D eigenvalue weighted by atomic mass is 16.2. The summed E-state index contributed by atoms with van der Waals surface area (Å²) in [6.07, 6.45) is 3.14. The van der Waals surface area contributed by atoms with Gasteiger partial charge in [0.25, 0.3) is 0 Å². The van der Waals surface area contributed by atoms with E-state index in [1.54, 1.807) is 41.2 Å². The number of carbonyl (C=O) groups excluding carboxylic acids is 1. The molecule has 1 heterocycles. The molecule has 18 heavy (non-hydrogen) atoms. The first-order valence-electron chi connectivity index (χ1n) is 5.45. The van der Waals surface area contributed by atoms with Crippen LogP contribution in [0, 0.1) is 0 Å². The van der Waals surface area contributed by atoms with Crippen LogP contribution in [0.3, 0.4) is 0 Å². The van der Waals surface area contributed by atoms with Crippen molar-refractivity contribution in [2.24, 2.45) is 0 Å². The number of carbonyl (C=O) groups is 1. The Hall–Kier alpha value is -2.56. The molecule has 0 saturated heterocycles.